The highest BCUT2D eigenvalue weighted by Gasteiger charge is 2.14. The van der Waals surface area contributed by atoms with Crippen LogP contribution in [0.2, 0.25) is 0 Å². The zero-order valence-electron chi connectivity index (χ0n) is 11.5. The average Bonchev–Trinajstić information content (AvgIpc) is 2.96. The van der Waals surface area contributed by atoms with Crippen LogP contribution in [0.5, 0.6) is 5.75 Å². The van der Waals surface area contributed by atoms with Crippen LogP contribution >= 0.6 is 0 Å². The Kier molecular flexibility index (Phi) is 5.80. The van der Waals surface area contributed by atoms with Crippen LogP contribution in [0.3, 0.4) is 0 Å². The highest BCUT2D eigenvalue weighted by Crippen LogP contribution is 2.15. The van der Waals surface area contributed by atoms with Gasteiger partial charge in [0.1, 0.15) is 0 Å². The Morgan fingerprint density at radius 2 is 2.30 bits per heavy atom. The molecule has 1 aliphatic heterocycles. The van der Waals surface area contributed by atoms with Gasteiger partial charge in [-0.25, -0.2) is 4.39 Å². The molecule has 1 atom stereocenters. The van der Waals surface area contributed by atoms with Crippen molar-refractivity contribution < 1.29 is 13.9 Å². The van der Waals surface area contributed by atoms with Crippen LogP contribution in [0.4, 0.5) is 4.39 Å². The number of rotatable bonds is 7. The zero-order chi connectivity index (χ0) is 14.2. The van der Waals surface area contributed by atoms with Gasteiger partial charge in [0.25, 0.3) is 0 Å². The van der Waals surface area contributed by atoms with Gasteiger partial charge in [-0.2, -0.15) is 0 Å². The van der Waals surface area contributed by atoms with Crippen molar-refractivity contribution in [3.63, 3.8) is 0 Å². The molecule has 1 unspecified atom stereocenters. The van der Waals surface area contributed by atoms with Crippen molar-refractivity contribution in [1.82, 2.24) is 10.6 Å². The van der Waals surface area contributed by atoms with Crippen molar-refractivity contribution in [1.29, 1.82) is 0 Å². The minimum atomic E-state index is -0.371. The standard InChI is InChI=1S/C15H21FN2O2/c16-13-6-1-2-7-14(13)20-10-4-8-15(19)18-11-12-5-3-9-17-12/h1-2,6-7,12,17H,3-5,8-11H2,(H,18,19). The van der Waals surface area contributed by atoms with Gasteiger partial charge in [0, 0.05) is 19.0 Å². The summed E-state index contributed by atoms with van der Waals surface area (Å²) >= 11 is 0. The highest BCUT2D eigenvalue weighted by molar-refractivity contribution is 5.75. The van der Waals surface area contributed by atoms with Crippen molar-refractivity contribution >= 4 is 5.91 Å². The van der Waals surface area contributed by atoms with Crippen LogP contribution in [-0.4, -0.2) is 31.6 Å². The van der Waals surface area contributed by atoms with E-state index >= 15 is 0 Å². The third kappa shape index (κ3) is 4.81. The monoisotopic (exact) mass is 280 g/mol. The predicted molar refractivity (Wildman–Crippen MR) is 75.2 cm³/mol. The van der Waals surface area contributed by atoms with E-state index in [1.54, 1.807) is 18.2 Å². The molecule has 0 bridgehead atoms. The maximum atomic E-state index is 13.3. The van der Waals surface area contributed by atoms with E-state index in [-0.39, 0.29) is 17.5 Å². The predicted octanol–water partition coefficient (Wildman–Crippen LogP) is 1.85. The van der Waals surface area contributed by atoms with Crippen LogP contribution < -0.4 is 15.4 Å². The third-order valence-electron chi connectivity index (χ3n) is 3.35. The molecule has 0 aromatic heterocycles. The number of carbonyl (C=O) groups excluding carboxylic acids is 1. The summed E-state index contributed by atoms with van der Waals surface area (Å²) in [4.78, 5) is 11.6. The van der Waals surface area contributed by atoms with Gasteiger partial charge in [-0.15, -0.1) is 0 Å². The molecule has 5 heteroatoms. The fraction of sp³-hybridized carbons (Fsp3) is 0.533. The second kappa shape index (κ2) is 7.85. The molecule has 20 heavy (non-hydrogen) atoms. The Hall–Kier alpha value is -1.62. The third-order valence-corrected chi connectivity index (χ3v) is 3.35. The van der Waals surface area contributed by atoms with Crippen LogP contribution in [0.1, 0.15) is 25.7 Å². The van der Waals surface area contributed by atoms with E-state index in [9.17, 15) is 9.18 Å². The normalized spacial score (nSPS) is 17.9. The van der Waals surface area contributed by atoms with Crippen LogP contribution in [0, 0.1) is 5.82 Å². The van der Waals surface area contributed by atoms with E-state index in [0.29, 0.717) is 32.0 Å². The number of ether oxygens (including phenoxy) is 1. The summed E-state index contributed by atoms with van der Waals surface area (Å²) in [6.07, 6.45) is 3.28. The van der Waals surface area contributed by atoms with Gasteiger partial charge < -0.3 is 15.4 Å². The van der Waals surface area contributed by atoms with Crippen LogP contribution in [0.25, 0.3) is 0 Å². The number of nitrogens with one attached hydrogen (secondary N) is 2. The molecular formula is C15H21FN2O2. The number of hydrogen-bond acceptors (Lipinski definition) is 3. The van der Waals surface area contributed by atoms with E-state index in [1.807, 2.05) is 0 Å². The fourth-order valence-corrected chi connectivity index (χ4v) is 2.23. The summed E-state index contributed by atoms with van der Waals surface area (Å²) in [6, 6.07) is 6.69. The average molecular weight is 280 g/mol. The van der Waals surface area contributed by atoms with Gasteiger partial charge in [0.2, 0.25) is 5.91 Å². The number of hydrogen-bond donors (Lipinski definition) is 2. The van der Waals surface area contributed by atoms with E-state index in [4.69, 9.17) is 4.74 Å². The summed E-state index contributed by atoms with van der Waals surface area (Å²) in [7, 11) is 0. The van der Waals surface area contributed by atoms with Gasteiger partial charge in [0.05, 0.1) is 6.61 Å². The van der Waals surface area contributed by atoms with Gasteiger partial charge in [-0.1, -0.05) is 12.1 Å². The SMILES string of the molecule is O=C(CCCOc1ccccc1F)NCC1CCCN1. The summed E-state index contributed by atoms with van der Waals surface area (Å²) in [5, 5.41) is 6.23. The van der Waals surface area contributed by atoms with Crippen molar-refractivity contribution in [3.05, 3.63) is 30.1 Å². The fourth-order valence-electron chi connectivity index (χ4n) is 2.23. The van der Waals surface area contributed by atoms with E-state index < -0.39 is 0 Å². The first-order valence-electron chi connectivity index (χ1n) is 7.13. The molecule has 1 fully saturated rings. The van der Waals surface area contributed by atoms with Gasteiger partial charge in [-0.05, 0) is 37.9 Å². The summed E-state index contributed by atoms with van der Waals surface area (Å²) < 4.78 is 18.6. The number of carbonyl (C=O) groups is 1. The second-order valence-electron chi connectivity index (χ2n) is 4.98. The van der Waals surface area contributed by atoms with Crippen molar-refractivity contribution in [2.75, 3.05) is 19.7 Å². The first-order chi connectivity index (χ1) is 9.75. The molecule has 2 rings (SSSR count). The Balaban J connectivity index is 1.56. The molecule has 2 N–H and O–H groups in total. The first-order valence-corrected chi connectivity index (χ1v) is 7.13. The van der Waals surface area contributed by atoms with Crippen LogP contribution in [0.15, 0.2) is 24.3 Å². The van der Waals surface area contributed by atoms with Crippen LogP contribution in [-0.2, 0) is 4.79 Å². The van der Waals surface area contributed by atoms with Crippen molar-refractivity contribution in [2.24, 2.45) is 0 Å². The minimum Gasteiger partial charge on any atom is -0.491 e. The molecule has 0 aliphatic carbocycles. The summed E-state index contributed by atoms with van der Waals surface area (Å²) in [5.74, 6) is -0.108. The lowest BCUT2D eigenvalue weighted by atomic mass is 10.2. The topological polar surface area (TPSA) is 50.4 Å². The molecule has 1 heterocycles. The second-order valence-corrected chi connectivity index (χ2v) is 4.98. The molecule has 1 aromatic rings. The molecule has 1 aromatic carbocycles. The summed E-state index contributed by atoms with van der Waals surface area (Å²) in [6.45, 7) is 2.07. The maximum absolute atomic E-state index is 13.3. The number of benzene rings is 1. The van der Waals surface area contributed by atoms with E-state index in [0.717, 1.165) is 13.0 Å². The molecule has 1 amide bonds. The number of amides is 1. The molecular weight excluding hydrogens is 259 g/mol. The molecule has 0 radical (unpaired) electrons. The molecule has 1 saturated heterocycles. The number of para-hydroxylation sites is 1. The highest BCUT2D eigenvalue weighted by atomic mass is 19.1. The lowest BCUT2D eigenvalue weighted by molar-refractivity contribution is -0.121. The summed E-state index contributed by atoms with van der Waals surface area (Å²) in [5.41, 5.74) is 0. The maximum Gasteiger partial charge on any atom is 0.220 e. The Labute approximate surface area is 118 Å². The smallest absolute Gasteiger partial charge is 0.220 e. The number of halogens is 1. The molecule has 1 aliphatic rings. The van der Waals surface area contributed by atoms with Gasteiger partial charge in [-0.3, -0.25) is 4.79 Å². The van der Waals surface area contributed by atoms with Crippen molar-refractivity contribution in [3.8, 4) is 5.75 Å². The van der Waals surface area contributed by atoms with E-state index in [1.165, 1.54) is 12.5 Å². The Morgan fingerprint density at radius 3 is 3.05 bits per heavy atom. The minimum absolute atomic E-state index is 0.0239. The lowest BCUT2D eigenvalue weighted by Crippen LogP contribution is -2.37. The molecule has 0 saturated carbocycles. The lowest BCUT2D eigenvalue weighted by Gasteiger charge is -2.11. The largest absolute Gasteiger partial charge is 0.491 e. The Bertz CT molecular complexity index is 434. The molecule has 0 spiro atoms. The Morgan fingerprint density at radius 1 is 1.45 bits per heavy atom. The van der Waals surface area contributed by atoms with Crippen molar-refractivity contribution in [2.45, 2.75) is 31.7 Å². The zero-order valence-corrected chi connectivity index (χ0v) is 11.5. The van der Waals surface area contributed by atoms with Gasteiger partial charge >= 0.3 is 0 Å². The van der Waals surface area contributed by atoms with Gasteiger partial charge in [0.15, 0.2) is 11.6 Å². The molecule has 110 valence electrons. The van der Waals surface area contributed by atoms with E-state index in [2.05, 4.69) is 10.6 Å². The quantitative estimate of drug-likeness (QED) is 0.750. The molecule has 4 nitrogen and oxygen atoms in total. The first kappa shape index (κ1) is 14.8.